The van der Waals surface area contributed by atoms with Crippen LogP contribution in [-0.2, 0) is 4.74 Å². The zero-order chi connectivity index (χ0) is 11.4. The number of hydrogen-bond acceptors (Lipinski definition) is 3. The molecule has 1 aromatic carbocycles. The van der Waals surface area contributed by atoms with Crippen LogP contribution in [0.1, 0.15) is 6.92 Å². The second-order valence-corrected chi connectivity index (χ2v) is 3.66. The van der Waals surface area contributed by atoms with Crippen LogP contribution in [0.4, 0.5) is 4.79 Å². The van der Waals surface area contributed by atoms with Crippen molar-refractivity contribution in [3.63, 3.8) is 0 Å². The SMILES string of the molecule is CCOC1CN(C(=O)Oc2ccccc2)C1. The normalized spacial score (nSPS) is 15.7. The van der Waals surface area contributed by atoms with Crippen LogP contribution in [-0.4, -0.2) is 36.8 Å². The van der Waals surface area contributed by atoms with Crippen LogP contribution in [0.5, 0.6) is 5.75 Å². The van der Waals surface area contributed by atoms with Crippen LogP contribution in [0.25, 0.3) is 0 Å². The first-order chi connectivity index (χ1) is 7.79. The summed E-state index contributed by atoms with van der Waals surface area (Å²) in [5.41, 5.74) is 0. The molecular weight excluding hydrogens is 206 g/mol. The Morgan fingerprint density at radius 1 is 1.38 bits per heavy atom. The molecule has 1 aliphatic rings. The molecular formula is C12H15NO3. The van der Waals surface area contributed by atoms with Crippen molar-refractivity contribution < 1.29 is 14.3 Å². The van der Waals surface area contributed by atoms with Gasteiger partial charge in [-0.2, -0.15) is 0 Å². The minimum absolute atomic E-state index is 0.174. The molecule has 2 rings (SSSR count). The quantitative estimate of drug-likeness (QED) is 0.782. The lowest BCUT2D eigenvalue weighted by atomic mass is 10.2. The summed E-state index contributed by atoms with van der Waals surface area (Å²) in [5, 5.41) is 0. The van der Waals surface area contributed by atoms with E-state index < -0.39 is 0 Å². The maximum absolute atomic E-state index is 11.6. The summed E-state index contributed by atoms with van der Waals surface area (Å²) in [6.07, 6.45) is -0.129. The molecule has 0 radical (unpaired) electrons. The fourth-order valence-corrected chi connectivity index (χ4v) is 1.58. The van der Waals surface area contributed by atoms with Gasteiger partial charge in [-0.05, 0) is 19.1 Å². The minimum Gasteiger partial charge on any atom is -0.410 e. The van der Waals surface area contributed by atoms with Gasteiger partial charge in [-0.1, -0.05) is 18.2 Å². The molecule has 1 aromatic rings. The van der Waals surface area contributed by atoms with Crippen molar-refractivity contribution in [2.75, 3.05) is 19.7 Å². The average Bonchev–Trinajstić information content (AvgIpc) is 2.24. The van der Waals surface area contributed by atoms with E-state index in [2.05, 4.69) is 0 Å². The van der Waals surface area contributed by atoms with Gasteiger partial charge in [0.2, 0.25) is 0 Å². The molecule has 1 saturated heterocycles. The van der Waals surface area contributed by atoms with E-state index >= 15 is 0 Å². The van der Waals surface area contributed by atoms with Gasteiger partial charge in [0.15, 0.2) is 0 Å². The monoisotopic (exact) mass is 221 g/mol. The number of para-hydroxylation sites is 1. The number of ether oxygens (including phenoxy) is 2. The lowest BCUT2D eigenvalue weighted by molar-refractivity contribution is -0.0376. The summed E-state index contributed by atoms with van der Waals surface area (Å²) >= 11 is 0. The van der Waals surface area contributed by atoms with Crippen LogP contribution in [0, 0.1) is 0 Å². The second-order valence-electron chi connectivity index (χ2n) is 3.66. The number of likely N-dealkylation sites (tertiary alicyclic amines) is 1. The van der Waals surface area contributed by atoms with E-state index in [1.54, 1.807) is 17.0 Å². The van der Waals surface area contributed by atoms with Gasteiger partial charge in [0.1, 0.15) is 5.75 Å². The third kappa shape index (κ3) is 2.52. The largest absolute Gasteiger partial charge is 0.415 e. The van der Waals surface area contributed by atoms with E-state index in [1.807, 2.05) is 25.1 Å². The molecule has 0 bridgehead atoms. The number of benzene rings is 1. The first-order valence-electron chi connectivity index (χ1n) is 5.43. The molecule has 4 heteroatoms. The van der Waals surface area contributed by atoms with Gasteiger partial charge in [0, 0.05) is 6.61 Å². The molecule has 1 heterocycles. The summed E-state index contributed by atoms with van der Waals surface area (Å²) in [4.78, 5) is 13.2. The zero-order valence-electron chi connectivity index (χ0n) is 9.26. The lowest BCUT2D eigenvalue weighted by Crippen LogP contribution is -2.55. The van der Waals surface area contributed by atoms with Gasteiger partial charge in [-0.15, -0.1) is 0 Å². The number of rotatable bonds is 3. The smallest absolute Gasteiger partial charge is 0.410 e. The highest BCUT2D eigenvalue weighted by atomic mass is 16.6. The Hall–Kier alpha value is -1.55. The molecule has 0 N–H and O–H groups in total. The third-order valence-electron chi connectivity index (χ3n) is 2.46. The van der Waals surface area contributed by atoms with Gasteiger partial charge in [-0.25, -0.2) is 4.79 Å². The molecule has 0 saturated carbocycles. The highest BCUT2D eigenvalue weighted by molar-refractivity contribution is 5.71. The Morgan fingerprint density at radius 2 is 2.06 bits per heavy atom. The minimum atomic E-state index is -0.304. The Labute approximate surface area is 94.8 Å². The molecule has 1 amide bonds. The predicted octanol–water partition coefficient (Wildman–Crippen LogP) is 1.91. The molecule has 0 aromatic heterocycles. The van der Waals surface area contributed by atoms with Crippen molar-refractivity contribution in [2.45, 2.75) is 13.0 Å². The van der Waals surface area contributed by atoms with Crippen LogP contribution in [0.3, 0.4) is 0 Å². The van der Waals surface area contributed by atoms with Gasteiger partial charge >= 0.3 is 6.09 Å². The Morgan fingerprint density at radius 3 is 2.69 bits per heavy atom. The Bertz CT molecular complexity index is 347. The lowest BCUT2D eigenvalue weighted by Gasteiger charge is -2.37. The summed E-state index contributed by atoms with van der Waals surface area (Å²) < 4.78 is 10.5. The van der Waals surface area contributed by atoms with Crippen molar-refractivity contribution in [1.29, 1.82) is 0 Å². The maximum atomic E-state index is 11.6. The van der Waals surface area contributed by atoms with E-state index in [1.165, 1.54) is 0 Å². The predicted molar refractivity (Wildman–Crippen MR) is 59.5 cm³/mol. The van der Waals surface area contributed by atoms with E-state index in [-0.39, 0.29) is 12.2 Å². The molecule has 4 nitrogen and oxygen atoms in total. The van der Waals surface area contributed by atoms with Crippen LogP contribution >= 0.6 is 0 Å². The number of amides is 1. The second kappa shape index (κ2) is 4.99. The van der Waals surface area contributed by atoms with E-state index in [0.717, 1.165) is 0 Å². The Kier molecular flexibility index (Phi) is 3.41. The van der Waals surface area contributed by atoms with Crippen molar-refractivity contribution in [1.82, 2.24) is 4.90 Å². The first kappa shape index (κ1) is 11.0. The van der Waals surface area contributed by atoms with Crippen molar-refractivity contribution in [2.24, 2.45) is 0 Å². The maximum Gasteiger partial charge on any atom is 0.415 e. The van der Waals surface area contributed by atoms with Gasteiger partial charge in [0.25, 0.3) is 0 Å². The highest BCUT2D eigenvalue weighted by Crippen LogP contribution is 2.15. The van der Waals surface area contributed by atoms with E-state index in [4.69, 9.17) is 9.47 Å². The van der Waals surface area contributed by atoms with E-state index in [0.29, 0.717) is 25.4 Å². The topological polar surface area (TPSA) is 38.8 Å². The standard InChI is InChI=1S/C12H15NO3/c1-2-15-11-8-13(9-11)12(14)16-10-6-4-3-5-7-10/h3-7,11H,2,8-9H2,1H3. The molecule has 0 atom stereocenters. The average molecular weight is 221 g/mol. The summed E-state index contributed by atoms with van der Waals surface area (Å²) in [6, 6.07) is 9.07. The molecule has 0 spiro atoms. The number of nitrogens with zero attached hydrogens (tertiary/aromatic N) is 1. The van der Waals surface area contributed by atoms with Gasteiger partial charge in [-0.3, -0.25) is 0 Å². The fourth-order valence-electron chi connectivity index (χ4n) is 1.58. The molecule has 16 heavy (non-hydrogen) atoms. The van der Waals surface area contributed by atoms with Gasteiger partial charge < -0.3 is 14.4 Å². The van der Waals surface area contributed by atoms with Gasteiger partial charge in [0.05, 0.1) is 19.2 Å². The Balaban J connectivity index is 1.78. The van der Waals surface area contributed by atoms with Crippen LogP contribution in [0.2, 0.25) is 0 Å². The third-order valence-corrected chi connectivity index (χ3v) is 2.46. The van der Waals surface area contributed by atoms with Crippen LogP contribution < -0.4 is 4.74 Å². The fraction of sp³-hybridized carbons (Fsp3) is 0.417. The van der Waals surface area contributed by atoms with Crippen molar-refractivity contribution >= 4 is 6.09 Å². The molecule has 1 fully saturated rings. The zero-order valence-corrected chi connectivity index (χ0v) is 9.26. The number of carbonyl (C=O) groups excluding carboxylic acids is 1. The highest BCUT2D eigenvalue weighted by Gasteiger charge is 2.32. The summed E-state index contributed by atoms with van der Waals surface area (Å²) in [7, 11) is 0. The number of hydrogen-bond donors (Lipinski definition) is 0. The molecule has 86 valence electrons. The molecule has 1 aliphatic heterocycles. The van der Waals surface area contributed by atoms with Crippen molar-refractivity contribution in [3.05, 3.63) is 30.3 Å². The summed E-state index contributed by atoms with van der Waals surface area (Å²) in [5.74, 6) is 0.576. The van der Waals surface area contributed by atoms with Crippen molar-refractivity contribution in [3.8, 4) is 5.75 Å². The molecule has 0 unspecified atom stereocenters. The first-order valence-corrected chi connectivity index (χ1v) is 5.43. The number of carbonyl (C=O) groups is 1. The molecule has 0 aliphatic carbocycles. The van der Waals surface area contributed by atoms with Crippen LogP contribution in [0.15, 0.2) is 30.3 Å². The summed E-state index contributed by atoms with van der Waals surface area (Å²) in [6.45, 7) is 3.89. The van der Waals surface area contributed by atoms with E-state index in [9.17, 15) is 4.79 Å².